The van der Waals surface area contributed by atoms with Gasteiger partial charge in [0.2, 0.25) is 0 Å². The molecule has 1 aliphatic heterocycles. The van der Waals surface area contributed by atoms with Crippen molar-refractivity contribution in [2.24, 2.45) is 0 Å². The molecule has 2 aromatic heterocycles. The number of nitrogens with two attached hydrogens (primary N) is 1. The molecule has 0 radical (unpaired) electrons. The zero-order valence-electron chi connectivity index (χ0n) is 16.1. The Kier molecular flexibility index (Phi) is 4.30. The molecule has 144 valence electrons. The Hall–Kier alpha value is -3.35. The molecule has 0 saturated heterocycles. The summed E-state index contributed by atoms with van der Waals surface area (Å²) in [5.41, 5.74) is 8.80. The van der Waals surface area contributed by atoms with E-state index in [9.17, 15) is 9.59 Å². The van der Waals surface area contributed by atoms with Crippen LogP contribution in [0.5, 0.6) is 0 Å². The Balaban J connectivity index is 1.73. The minimum Gasteiger partial charge on any atom is -0.466 e. The van der Waals surface area contributed by atoms with Crippen molar-refractivity contribution < 1.29 is 9.21 Å². The predicted octanol–water partition coefficient (Wildman–Crippen LogP) is 2.85. The van der Waals surface area contributed by atoms with Crippen molar-refractivity contribution in [3.63, 3.8) is 0 Å². The number of aromatic nitrogens is 2. The van der Waals surface area contributed by atoms with Gasteiger partial charge in [-0.25, -0.2) is 4.68 Å². The maximum Gasteiger partial charge on any atom is 0.290 e. The van der Waals surface area contributed by atoms with Gasteiger partial charge in [0, 0.05) is 17.8 Å². The number of carbonyl (C=O) groups is 1. The van der Waals surface area contributed by atoms with Crippen LogP contribution in [0.1, 0.15) is 30.0 Å². The van der Waals surface area contributed by atoms with E-state index in [0.717, 1.165) is 29.0 Å². The smallest absolute Gasteiger partial charge is 0.290 e. The summed E-state index contributed by atoms with van der Waals surface area (Å²) in [4.78, 5) is 27.5. The van der Waals surface area contributed by atoms with Crippen molar-refractivity contribution in [2.75, 3.05) is 17.2 Å². The molecule has 7 heteroatoms. The summed E-state index contributed by atoms with van der Waals surface area (Å²) in [6.45, 7) is 5.93. The molecular formula is C21H22N4O3. The highest BCUT2D eigenvalue weighted by molar-refractivity contribution is 5.97. The van der Waals surface area contributed by atoms with Gasteiger partial charge in [-0.1, -0.05) is 18.2 Å². The average molecular weight is 378 g/mol. The lowest BCUT2D eigenvalue weighted by atomic mass is 10.1. The van der Waals surface area contributed by atoms with Crippen LogP contribution >= 0.6 is 0 Å². The number of amides is 1. The van der Waals surface area contributed by atoms with Gasteiger partial charge in [-0.2, -0.15) is 5.10 Å². The topological polar surface area (TPSA) is 94.4 Å². The van der Waals surface area contributed by atoms with Crippen molar-refractivity contribution in [1.29, 1.82) is 0 Å². The first kappa shape index (κ1) is 18.0. The molecule has 0 unspecified atom stereocenters. The molecule has 0 bridgehead atoms. The fourth-order valence-electron chi connectivity index (χ4n) is 3.71. The van der Waals surface area contributed by atoms with Crippen LogP contribution < -0.4 is 16.2 Å². The van der Waals surface area contributed by atoms with Crippen LogP contribution in [-0.2, 0) is 11.2 Å². The van der Waals surface area contributed by atoms with E-state index >= 15 is 0 Å². The standard InChI is InChI=1S/C21H22N4O3/c1-12-10-16(14(3)28-12)18-11-17(22)21(27)25(23-18)13(2)20(26)24-9-8-15-6-4-5-7-19(15)24/h4-7,10-11,13H,8-9,22H2,1-3H3/t13-/m1/s1. The summed E-state index contributed by atoms with van der Waals surface area (Å²) >= 11 is 0. The molecule has 3 aromatic rings. The first-order chi connectivity index (χ1) is 13.4. The van der Waals surface area contributed by atoms with Crippen LogP contribution in [0.4, 0.5) is 11.4 Å². The molecule has 7 nitrogen and oxygen atoms in total. The summed E-state index contributed by atoms with van der Waals surface area (Å²) in [6.07, 6.45) is 0.798. The number of para-hydroxylation sites is 1. The number of anilines is 2. The number of furan rings is 1. The summed E-state index contributed by atoms with van der Waals surface area (Å²) in [5, 5.41) is 4.44. The maximum absolute atomic E-state index is 13.2. The first-order valence-corrected chi connectivity index (χ1v) is 9.23. The van der Waals surface area contributed by atoms with E-state index in [0.29, 0.717) is 18.0 Å². The second-order valence-electron chi connectivity index (χ2n) is 7.11. The van der Waals surface area contributed by atoms with Gasteiger partial charge in [-0.3, -0.25) is 9.59 Å². The molecule has 0 fully saturated rings. The lowest BCUT2D eigenvalue weighted by Gasteiger charge is -2.22. The Labute approximate surface area is 162 Å². The van der Waals surface area contributed by atoms with Crippen LogP contribution in [0.25, 0.3) is 11.3 Å². The average Bonchev–Trinajstić information content (AvgIpc) is 3.25. The van der Waals surface area contributed by atoms with Gasteiger partial charge in [0.05, 0.1) is 5.69 Å². The van der Waals surface area contributed by atoms with E-state index < -0.39 is 11.6 Å². The highest BCUT2D eigenvalue weighted by Crippen LogP contribution is 2.30. The van der Waals surface area contributed by atoms with Gasteiger partial charge in [0.25, 0.3) is 11.5 Å². The number of nitrogen functional groups attached to an aromatic ring is 1. The largest absolute Gasteiger partial charge is 0.466 e. The molecule has 2 N–H and O–H groups in total. The van der Waals surface area contributed by atoms with Crippen LogP contribution in [0, 0.1) is 13.8 Å². The van der Waals surface area contributed by atoms with Crippen LogP contribution in [0.3, 0.4) is 0 Å². The molecule has 1 amide bonds. The third-order valence-corrected chi connectivity index (χ3v) is 5.16. The molecule has 1 aromatic carbocycles. The third kappa shape index (κ3) is 2.89. The Morgan fingerprint density at radius 3 is 2.71 bits per heavy atom. The lowest BCUT2D eigenvalue weighted by Crippen LogP contribution is -2.40. The summed E-state index contributed by atoms with van der Waals surface area (Å²) in [6, 6.07) is 10.4. The fraction of sp³-hybridized carbons (Fsp3) is 0.286. The lowest BCUT2D eigenvalue weighted by molar-refractivity contribution is -0.121. The van der Waals surface area contributed by atoms with Crippen LogP contribution in [0.15, 0.2) is 45.6 Å². The van der Waals surface area contributed by atoms with Crippen molar-refractivity contribution in [3.05, 3.63) is 63.8 Å². The van der Waals surface area contributed by atoms with Crippen molar-refractivity contribution in [2.45, 2.75) is 33.2 Å². The molecule has 0 aliphatic carbocycles. The van der Waals surface area contributed by atoms with Crippen molar-refractivity contribution >= 4 is 17.3 Å². The zero-order chi connectivity index (χ0) is 20.0. The molecular weight excluding hydrogens is 356 g/mol. The summed E-state index contributed by atoms with van der Waals surface area (Å²) < 4.78 is 6.74. The number of rotatable bonds is 3. The Morgan fingerprint density at radius 1 is 1.25 bits per heavy atom. The zero-order valence-corrected chi connectivity index (χ0v) is 16.1. The van der Waals surface area contributed by atoms with E-state index in [1.165, 1.54) is 10.7 Å². The highest BCUT2D eigenvalue weighted by Gasteiger charge is 2.30. The number of hydrogen-bond donors (Lipinski definition) is 1. The second-order valence-corrected chi connectivity index (χ2v) is 7.11. The van der Waals surface area contributed by atoms with Gasteiger partial charge >= 0.3 is 0 Å². The number of carbonyl (C=O) groups excluding carboxylic acids is 1. The Morgan fingerprint density at radius 2 is 2.00 bits per heavy atom. The van der Waals surface area contributed by atoms with E-state index in [2.05, 4.69) is 5.10 Å². The van der Waals surface area contributed by atoms with Gasteiger partial charge in [-0.05, 0) is 51.0 Å². The van der Waals surface area contributed by atoms with E-state index in [1.807, 2.05) is 44.2 Å². The number of fused-ring (bicyclic) bond motifs is 1. The van der Waals surface area contributed by atoms with Crippen molar-refractivity contribution in [3.8, 4) is 11.3 Å². The summed E-state index contributed by atoms with van der Waals surface area (Å²) in [7, 11) is 0. The second kappa shape index (κ2) is 6.67. The summed E-state index contributed by atoms with van der Waals surface area (Å²) in [5.74, 6) is 1.24. The molecule has 0 saturated carbocycles. The molecule has 4 rings (SSSR count). The molecule has 3 heterocycles. The number of hydrogen-bond acceptors (Lipinski definition) is 5. The number of aryl methyl sites for hydroxylation is 2. The first-order valence-electron chi connectivity index (χ1n) is 9.23. The monoisotopic (exact) mass is 378 g/mol. The molecule has 1 aliphatic rings. The van der Waals surface area contributed by atoms with Crippen molar-refractivity contribution in [1.82, 2.24) is 9.78 Å². The predicted molar refractivity (Wildman–Crippen MR) is 107 cm³/mol. The minimum atomic E-state index is -0.783. The number of benzene rings is 1. The number of nitrogens with zero attached hydrogens (tertiary/aromatic N) is 3. The van der Waals surface area contributed by atoms with Gasteiger partial charge in [0.15, 0.2) is 0 Å². The maximum atomic E-state index is 13.2. The third-order valence-electron chi connectivity index (χ3n) is 5.16. The van der Waals surface area contributed by atoms with Gasteiger partial charge < -0.3 is 15.1 Å². The van der Waals surface area contributed by atoms with Crippen LogP contribution in [-0.4, -0.2) is 22.2 Å². The molecule has 0 spiro atoms. The van der Waals surface area contributed by atoms with E-state index in [-0.39, 0.29) is 11.6 Å². The Bertz CT molecular complexity index is 1130. The van der Waals surface area contributed by atoms with E-state index in [1.54, 1.807) is 11.8 Å². The molecule has 1 atom stereocenters. The van der Waals surface area contributed by atoms with Gasteiger partial charge in [-0.15, -0.1) is 0 Å². The highest BCUT2D eigenvalue weighted by atomic mass is 16.3. The minimum absolute atomic E-state index is 0.0460. The SMILES string of the molecule is Cc1cc(-c2cc(N)c(=O)n([C@H](C)C(=O)N3CCc4ccccc43)n2)c(C)o1. The molecule has 28 heavy (non-hydrogen) atoms. The normalized spacial score (nSPS) is 14.2. The van der Waals surface area contributed by atoms with Gasteiger partial charge in [0.1, 0.15) is 23.2 Å². The quantitative estimate of drug-likeness (QED) is 0.756. The van der Waals surface area contributed by atoms with E-state index in [4.69, 9.17) is 10.2 Å². The fourth-order valence-corrected chi connectivity index (χ4v) is 3.71. The van der Waals surface area contributed by atoms with Crippen LogP contribution in [0.2, 0.25) is 0 Å².